The molecule has 1 atom stereocenters. The summed E-state index contributed by atoms with van der Waals surface area (Å²) in [6.45, 7) is 2.88. The predicted molar refractivity (Wildman–Crippen MR) is 68.4 cm³/mol. The van der Waals surface area contributed by atoms with Crippen molar-refractivity contribution >= 4 is 40.1 Å². The molecular formula is C10H11N3O2S2. The van der Waals surface area contributed by atoms with Gasteiger partial charge in [0.05, 0.1) is 0 Å². The Labute approximate surface area is 107 Å². The van der Waals surface area contributed by atoms with Crippen LogP contribution in [0.2, 0.25) is 0 Å². The van der Waals surface area contributed by atoms with E-state index in [0.29, 0.717) is 5.17 Å². The van der Waals surface area contributed by atoms with Gasteiger partial charge in [0, 0.05) is 18.7 Å². The Morgan fingerprint density at radius 2 is 2.24 bits per heavy atom. The lowest BCUT2D eigenvalue weighted by atomic mass is 10.4. The minimum atomic E-state index is -0.188. The summed E-state index contributed by atoms with van der Waals surface area (Å²) in [6.07, 6.45) is 0. The molecule has 2 rings (SSSR count). The standard InChI is InChI=1S/C10H11N3O2S2/c1-6(14)11-10-12-13(7(2)15)9(17-10)8-4-3-5-16-8/h3-5,9H,1-2H3,(H,11,12,14)/t9-/m0/s1. The highest BCUT2D eigenvalue weighted by atomic mass is 32.2. The Hall–Kier alpha value is -1.34. The monoisotopic (exact) mass is 269 g/mol. The third-order valence-corrected chi connectivity index (χ3v) is 4.19. The van der Waals surface area contributed by atoms with Crippen LogP contribution in [0.4, 0.5) is 0 Å². The molecule has 0 saturated heterocycles. The van der Waals surface area contributed by atoms with E-state index >= 15 is 0 Å². The molecule has 0 aromatic carbocycles. The minimum Gasteiger partial charge on any atom is -0.304 e. The van der Waals surface area contributed by atoms with Crippen molar-refractivity contribution in [1.82, 2.24) is 10.3 Å². The van der Waals surface area contributed by atoms with Crippen molar-refractivity contribution in [2.75, 3.05) is 0 Å². The fourth-order valence-electron chi connectivity index (χ4n) is 1.38. The molecule has 0 saturated carbocycles. The molecule has 1 aromatic rings. The molecule has 0 aliphatic carbocycles. The normalized spacial score (nSPS) is 19.1. The minimum absolute atomic E-state index is 0.142. The summed E-state index contributed by atoms with van der Waals surface area (Å²) in [5.74, 6) is -0.331. The lowest BCUT2D eigenvalue weighted by Gasteiger charge is -2.17. The number of thiophene rings is 1. The Morgan fingerprint density at radius 1 is 1.47 bits per heavy atom. The molecule has 1 aromatic heterocycles. The first-order valence-corrected chi connectivity index (χ1v) is 6.70. The first kappa shape index (κ1) is 12.1. The summed E-state index contributed by atoms with van der Waals surface area (Å²) < 4.78 is 0. The number of carbonyl (C=O) groups excluding carboxylic acids is 2. The fourth-order valence-corrected chi connectivity index (χ4v) is 3.42. The largest absolute Gasteiger partial charge is 0.304 e. The van der Waals surface area contributed by atoms with E-state index in [0.717, 1.165) is 4.88 Å². The molecule has 17 heavy (non-hydrogen) atoms. The van der Waals surface area contributed by atoms with Crippen molar-refractivity contribution in [2.24, 2.45) is 5.10 Å². The summed E-state index contributed by atoms with van der Waals surface area (Å²) in [5, 5.41) is 10.3. The number of hydrogen-bond donors (Lipinski definition) is 1. The highest BCUT2D eigenvalue weighted by molar-refractivity contribution is 8.14. The van der Waals surface area contributed by atoms with Gasteiger partial charge in [0.2, 0.25) is 11.8 Å². The maximum atomic E-state index is 11.5. The van der Waals surface area contributed by atoms with Gasteiger partial charge in [-0.2, -0.15) is 0 Å². The van der Waals surface area contributed by atoms with Gasteiger partial charge >= 0.3 is 0 Å². The van der Waals surface area contributed by atoms with Gasteiger partial charge in [0.25, 0.3) is 0 Å². The van der Waals surface area contributed by atoms with E-state index in [4.69, 9.17) is 0 Å². The van der Waals surface area contributed by atoms with E-state index in [1.807, 2.05) is 17.5 Å². The van der Waals surface area contributed by atoms with E-state index in [1.54, 1.807) is 11.3 Å². The number of nitrogens with zero attached hydrogens (tertiary/aromatic N) is 2. The summed E-state index contributed by atoms with van der Waals surface area (Å²) in [4.78, 5) is 23.5. The molecule has 7 heteroatoms. The second-order valence-electron chi connectivity index (χ2n) is 3.44. The van der Waals surface area contributed by atoms with Crippen molar-refractivity contribution in [3.05, 3.63) is 22.4 Å². The molecule has 0 bridgehead atoms. The van der Waals surface area contributed by atoms with E-state index in [9.17, 15) is 9.59 Å². The van der Waals surface area contributed by atoms with Crippen molar-refractivity contribution < 1.29 is 9.59 Å². The molecule has 0 spiro atoms. The van der Waals surface area contributed by atoms with Crippen LogP contribution in [0.25, 0.3) is 0 Å². The van der Waals surface area contributed by atoms with Gasteiger partial charge in [-0.25, -0.2) is 5.01 Å². The lowest BCUT2D eigenvalue weighted by Crippen LogP contribution is -2.25. The molecule has 2 amide bonds. The maximum absolute atomic E-state index is 11.5. The van der Waals surface area contributed by atoms with Crippen LogP contribution in [-0.4, -0.2) is 22.0 Å². The van der Waals surface area contributed by atoms with E-state index < -0.39 is 0 Å². The molecule has 0 radical (unpaired) electrons. The van der Waals surface area contributed by atoms with Crippen LogP contribution in [0.1, 0.15) is 24.1 Å². The maximum Gasteiger partial charge on any atom is 0.241 e. The number of nitrogens with one attached hydrogen (secondary N) is 1. The number of amides is 2. The average Bonchev–Trinajstić information content (AvgIpc) is 2.82. The molecule has 0 unspecified atom stereocenters. The quantitative estimate of drug-likeness (QED) is 0.845. The molecule has 2 heterocycles. The van der Waals surface area contributed by atoms with Crippen LogP contribution in [0.3, 0.4) is 0 Å². The Balaban J connectivity index is 2.20. The zero-order chi connectivity index (χ0) is 12.4. The number of hydrazone groups is 1. The smallest absolute Gasteiger partial charge is 0.241 e. The molecule has 0 fully saturated rings. The van der Waals surface area contributed by atoms with Crippen molar-refractivity contribution in [1.29, 1.82) is 0 Å². The summed E-state index contributed by atoms with van der Waals surface area (Å²) >= 11 is 2.93. The number of carbonyl (C=O) groups is 2. The van der Waals surface area contributed by atoms with Gasteiger partial charge in [-0.3, -0.25) is 9.59 Å². The topological polar surface area (TPSA) is 61.8 Å². The van der Waals surface area contributed by atoms with Gasteiger partial charge in [-0.15, -0.1) is 16.4 Å². The first-order valence-electron chi connectivity index (χ1n) is 4.94. The molecule has 5 nitrogen and oxygen atoms in total. The summed E-state index contributed by atoms with van der Waals surface area (Å²) in [7, 11) is 0. The molecule has 1 N–H and O–H groups in total. The van der Waals surface area contributed by atoms with Gasteiger partial charge in [-0.05, 0) is 11.4 Å². The Bertz CT molecular complexity index is 470. The highest BCUT2D eigenvalue weighted by Gasteiger charge is 2.32. The van der Waals surface area contributed by atoms with Crippen LogP contribution in [0, 0.1) is 0 Å². The molecule has 1 aliphatic rings. The van der Waals surface area contributed by atoms with E-state index in [2.05, 4.69) is 10.4 Å². The number of amidine groups is 1. The van der Waals surface area contributed by atoms with Crippen molar-refractivity contribution in [2.45, 2.75) is 19.2 Å². The zero-order valence-corrected chi connectivity index (χ0v) is 11.0. The van der Waals surface area contributed by atoms with Gasteiger partial charge in [-0.1, -0.05) is 17.8 Å². The summed E-state index contributed by atoms with van der Waals surface area (Å²) in [5.41, 5.74) is 0. The van der Waals surface area contributed by atoms with Gasteiger partial charge in [0.1, 0.15) is 5.37 Å². The fraction of sp³-hybridized carbons (Fsp3) is 0.300. The van der Waals surface area contributed by atoms with Crippen LogP contribution in [-0.2, 0) is 9.59 Å². The molecule has 90 valence electrons. The number of hydrogen-bond acceptors (Lipinski definition) is 5. The van der Waals surface area contributed by atoms with E-state index in [-0.39, 0.29) is 17.2 Å². The molecular weight excluding hydrogens is 258 g/mol. The lowest BCUT2D eigenvalue weighted by molar-refractivity contribution is -0.129. The predicted octanol–water partition coefficient (Wildman–Crippen LogP) is 1.75. The second kappa shape index (κ2) is 4.89. The van der Waals surface area contributed by atoms with Crippen LogP contribution >= 0.6 is 23.1 Å². The van der Waals surface area contributed by atoms with Gasteiger partial charge in [0.15, 0.2) is 5.17 Å². The SMILES string of the molecule is CC(=O)NC1=NN(C(C)=O)[C@H](c2cccs2)S1. The number of rotatable bonds is 1. The van der Waals surface area contributed by atoms with Gasteiger partial charge < -0.3 is 5.32 Å². The molecule has 1 aliphatic heterocycles. The van der Waals surface area contributed by atoms with Crippen molar-refractivity contribution in [3.63, 3.8) is 0 Å². The van der Waals surface area contributed by atoms with Crippen LogP contribution in [0.5, 0.6) is 0 Å². The Morgan fingerprint density at radius 3 is 2.76 bits per heavy atom. The third kappa shape index (κ3) is 2.67. The van der Waals surface area contributed by atoms with E-state index in [1.165, 1.54) is 30.6 Å². The number of thioether (sulfide) groups is 1. The highest BCUT2D eigenvalue weighted by Crippen LogP contribution is 2.40. The second-order valence-corrected chi connectivity index (χ2v) is 5.48. The average molecular weight is 269 g/mol. The van der Waals surface area contributed by atoms with Crippen molar-refractivity contribution in [3.8, 4) is 0 Å². The van der Waals surface area contributed by atoms with Crippen LogP contribution in [0.15, 0.2) is 22.6 Å². The third-order valence-electron chi connectivity index (χ3n) is 2.04. The first-order chi connectivity index (χ1) is 8.08. The zero-order valence-electron chi connectivity index (χ0n) is 9.34. The van der Waals surface area contributed by atoms with Crippen LogP contribution < -0.4 is 5.32 Å². The summed E-state index contributed by atoms with van der Waals surface area (Å²) in [6, 6.07) is 3.87. The Kier molecular flexibility index (Phi) is 3.49.